The summed E-state index contributed by atoms with van der Waals surface area (Å²) in [6.45, 7) is 1.24. The summed E-state index contributed by atoms with van der Waals surface area (Å²) in [5, 5.41) is 14.0. The van der Waals surface area contributed by atoms with E-state index in [4.69, 9.17) is 0 Å². The van der Waals surface area contributed by atoms with Gasteiger partial charge in [0.05, 0.1) is 11.7 Å². The summed E-state index contributed by atoms with van der Waals surface area (Å²) < 4.78 is 0. The maximum Gasteiger partial charge on any atom is 0.221 e. The number of fused-ring (bicyclic) bond motifs is 1. The average molecular weight is 243 g/mol. The van der Waals surface area contributed by atoms with Gasteiger partial charge < -0.3 is 20.2 Å². The van der Waals surface area contributed by atoms with Crippen molar-refractivity contribution < 1.29 is 14.7 Å². The number of carboxylic acids is 1. The largest absolute Gasteiger partial charge is 0.543 e. The molecule has 5 nitrogen and oxygen atoms in total. The van der Waals surface area contributed by atoms with Crippen molar-refractivity contribution in [2.24, 2.45) is 0 Å². The van der Waals surface area contributed by atoms with Crippen molar-refractivity contribution in [1.29, 1.82) is 0 Å². The topological polar surface area (TPSA) is 85.0 Å². The van der Waals surface area contributed by atoms with Crippen LogP contribution in [0.4, 0.5) is 0 Å². The van der Waals surface area contributed by atoms with E-state index in [1.807, 2.05) is 24.3 Å². The molecule has 0 radical (unpaired) electrons. The molecule has 2 aromatic rings. The molecule has 0 saturated carbocycles. The number of rotatable bonds is 3. The highest BCUT2D eigenvalue weighted by atomic mass is 16.4. The Labute approximate surface area is 103 Å². The quantitative estimate of drug-likeness (QED) is 0.765. The van der Waals surface area contributed by atoms with E-state index in [1.54, 1.807) is 6.20 Å². The Hall–Kier alpha value is -2.56. The Morgan fingerprint density at radius 2 is 2.06 bits per heavy atom. The zero-order valence-electron chi connectivity index (χ0n) is 9.69. The number of aliphatic carboxylic acids is 1. The molecule has 0 saturated heterocycles. The summed E-state index contributed by atoms with van der Waals surface area (Å²) in [6, 6.07) is 7.46. The first-order valence-corrected chi connectivity index (χ1v) is 5.34. The van der Waals surface area contributed by atoms with Gasteiger partial charge >= 0.3 is 0 Å². The van der Waals surface area contributed by atoms with Crippen LogP contribution in [-0.4, -0.2) is 16.9 Å². The summed E-state index contributed by atoms with van der Waals surface area (Å²) in [4.78, 5) is 24.8. The fourth-order valence-electron chi connectivity index (χ4n) is 1.70. The number of benzene rings is 1. The van der Waals surface area contributed by atoms with Gasteiger partial charge in [-0.15, -0.1) is 0 Å². The zero-order valence-corrected chi connectivity index (χ0v) is 9.69. The van der Waals surface area contributed by atoms with Crippen LogP contribution in [0.5, 0.6) is 0 Å². The molecular weight excluding hydrogens is 232 g/mol. The number of carboxylic acid groups (broad SMARTS) is 1. The number of carbonyl (C=O) groups is 2. The smallest absolute Gasteiger partial charge is 0.221 e. The molecule has 0 atom stereocenters. The van der Waals surface area contributed by atoms with E-state index in [9.17, 15) is 14.7 Å². The Balaban J connectivity index is 2.46. The van der Waals surface area contributed by atoms with Crippen molar-refractivity contribution in [3.8, 4) is 0 Å². The van der Waals surface area contributed by atoms with Crippen LogP contribution in [0, 0.1) is 0 Å². The number of aromatic amines is 1. The van der Waals surface area contributed by atoms with E-state index in [1.165, 1.54) is 13.0 Å². The predicted octanol–water partition coefficient (Wildman–Crippen LogP) is 0.395. The second-order valence-electron chi connectivity index (χ2n) is 3.82. The van der Waals surface area contributed by atoms with E-state index in [0.717, 1.165) is 10.9 Å². The number of aromatic nitrogens is 1. The maximum atomic E-state index is 10.9. The van der Waals surface area contributed by atoms with E-state index >= 15 is 0 Å². The lowest BCUT2D eigenvalue weighted by Gasteiger charge is -2.08. The lowest BCUT2D eigenvalue weighted by atomic mass is 10.1. The number of hydrogen-bond acceptors (Lipinski definition) is 3. The second kappa shape index (κ2) is 4.75. The standard InChI is InChI=1S/C13H12N2O3/c1-8(16)15-12(13(17)18)6-9-7-14-11-5-3-2-4-10(9)11/h2-7,14H,1H3,(H,15,16)(H,17,18)/p-1/b12-6-. The van der Waals surface area contributed by atoms with Crippen LogP contribution in [-0.2, 0) is 9.59 Å². The third-order valence-electron chi connectivity index (χ3n) is 2.45. The molecule has 0 aliphatic heterocycles. The Morgan fingerprint density at radius 3 is 2.72 bits per heavy atom. The molecule has 1 aromatic carbocycles. The lowest BCUT2D eigenvalue weighted by molar-refractivity contribution is -0.299. The van der Waals surface area contributed by atoms with Crippen LogP contribution in [0.25, 0.3) is 17.0 Å². The molecule has 5 heteroatoms. The fourth-order valence-corrected chi connectivity index (χ4v) is 1.70. The van der Waals surface area contributed by atoms with E-state index < -0.39 is 11.9 Å². The molecule has 1 amide bonds. The lowest BCUT2D eigenvalue weighted by Crippen LogP contribution is -2.34. The number of amides is 1. The van der Waals surface area contributed by atoms with Crippen LogP contribution in [0.3, 0.4) is 0 Å². The third-order valence-corrected chi connectivity index (χ3v) is 2.45. The highest BCUT2D eigenvalue weighted by molar-refractivity contribution is 5.98. The highest BCUT2D eigenvalue weighted by Crippen LogP contribution is 2.19. The molecule has 0 bridgehead atoms. The van der Waals surface area contributed by atoms with Crippen LogP contribution < -0.4 is 10.4 Å². The van der Waals surface area contributed by atoms with Crippen molar-refractivity contribution in [1.82, 2.24) is 10.3 Å². The fraction of sp³-hybridized carbons (Fsp3) is 0.0769. The van der Waals surface area contributed by atoms with Gasteiger partial charge in [-0.05, 0) is 12.1 Å². The van der Waals surface area contributed by atoms with Crippen LogP contribution in [0.15, 0.2) is 36.2 Å². The minimum absolute atomic E-state index is 0.257. The van der Waals surface area contributed by atoms with Gasteiger partial charge in [0.2, 0.25) is 5.91 Å². The molecule has 2 rings (SSSR count). The molecule has 0 aliphatic carbocycles. The predicted molar refractivity (Wildman–Crippen MR) is 65.1 cm³/mol. The van der Waals surface area contributed by atoms with Crippen molar-refractivity contribution in [3.63, 3.8) is 0 Å². The van der Waals surface area contributed by atoms with Gasteiger partial charge in [-0.2, -0.15) is 0 Å². The van der Waals surface area contributed by atoms with Crippen molar-refractivity contribution in [2.75, 3.05) is 0 Å². The van der Waals surface area contributed by atoms with E-state index in [-0.39, 0.29) is 5.70 Å². The molecule has 0 aliphatic rings. The van der Waals surface area contributed by atoms with Crippen LogP contribution in [0.1, 0.15) is 12.5 Å². The Bertz CT molecular complexity index is 640. The normalized spacial score (nSPS) is 11.5. The highest BCUT2D eigenvalue weighted by Gasteiger charge is 2.05. The van der Waals surface area contributed by atoms with Gasteiger partial charge in [0.15, 0.2) is 0 Å². The SMILES string of the molecule is CC(=O)N/C(=C\c1c[nH]c2ccccc12)C(=O)[O-]. The van der Waals surface area contributed by atoms with E-state index in [2.05, 4.69) is 10.3 Å². The van der Waals surface area contributed by atoms with Gasteiger partial charge in [0.25, 0.3) is 0 Å². The summed E-state index contributed by atoms with van der Waals surface area (Å²) in [6.07, 6.45) is 3.05. The minimum Gasteiger partial charge on any atom is -0.543 e. The minimum atomic E-state index is -1.42. The molecular formula is C13H11N2O3-. The Morgan fingerprint density at radius 1 is 1.33 bits per heavy atom. The number of nitrogens with one attached hydrogen (secondary N) is 2. The summed E-state index contributed by atoms with van der Waals surface area (Å²) in [5.41, 5.74) is 1.31. The van der Waals surface area contributed by atoms with Gasteiger partial charge in [0, 0.05) is 29.6 Å². The van der Waals surface area contributed by atoms with Gasteiger partial charge in [0.1, 0.15) is 0 Å². The van der Waals surface area contributed by atoms with Gasteiger partial charge in [-0.3, -0.25) is 4.79 Å². The summed E-state index contributed by atoms with van der Waals surface area (Å²) >= 11 is 0. The molecule has 18 heavy (non-hydrogen) atoms. The first kappa shape index (κ1) is 11.9. The molecule has 2 N–H and O–H groups in total. The molecule has 0 unspecified atom stereocenters. The zero-order chi connectivity index (χ0) is 13.1. The molecule has 1 aromatic heterocycles. The number of carbonyl (C=O) groups excluding carboxylic acids is 2. The van der Waals surface area contributed by atoms with Gasteiger partial charge in [-0.1, -0.05) is 18.2 Å². The number of H-pyrrole nitrogens is 1. The van der Waals surface area contributed by atoms with E-state index in [0.29, 0.717) is 5.56 Å². The van der Waals surface area contributed by atoms with Crippen molar-refractivity contribution in [3.05, 3.63) is 41.7 Å². The maximum absolute atomic E-state index is 10.9. The number of para-hydroxylation sites is 1. The molecule has 1 heterocycles. The van der Waals surface area contributed by atoms with Crippen molar-refractivity contribution in [2.45, 2.75) is 6.92 Å². The van der Waals surface area contributed by atoms with Crippen LogP contribution >= 0.6 is 0 Å². The summed E-state index contributed by atoms with van der Waals surface area (Å²) in [7, 11) is 0. The van der Waals surface area contributed by atoms with Crippen molar-refractivity contribution >= 4 is 28.9 Å². The molecule has 0 fully saturated rings. The number of hydrogen-bond donors (Lipinski definition) is 2. The van der Waals surface area contributed by atoms with Gasteiger partial charge in [-0.25, -0.2) is 0 Å². The third kappa shape index (κ3) is 2.40. The first-order chi connectivity index (χ1) is 8.58. The average Bonchev–Trinajstić information content (AvgIpc) is 2.71. The molecule has 0 spiro atoms. The van der Waals surface area contributed by atoms with Crippen LogP contribution in [0.2, 0.25) is 0 Å². The second-order valence-corrected chi connectivity index (χ2v) is 3.82. The monoisotopic (exact) mass is 243 g/mol. The first-order valence-electron chi connectivity index (χ1n) is 5.34. The Kier molecular flexibility index (Phi) is 3.14. The molecule has 92 valence electrons. The summed E-state index contributed by atoms with van der Waals surface area (Å²) in [5.74, 6) is -1.87.